The van der Waals surface area contributed by atoms with Gasteiger partial charge in [0.2, 0.25) is 0 Å². The summed E-state index contributed by atoms with van der Waals surface area (Å²) in [6.45, 7) is 2.91. The lowest BCUT2D eigenvalue weighted by Gasteiger charge is -2.19. The van der Waals surface area contributed by atoms with Crippen LogP contribution in [0.3, 0.4) is 0 Å². The molecular weight excluding hydrogens is 372 g/mol. The maximum absolute atomic E-state index is 13.0. The van der Waals surface area contributed by atoms with Gasteiger partial charge >= 0.3 is 18.4 Å². The Labute approximate surface area is 143 Å². The molecule has 0 spiro atoms. The summed E-state index contributed by atoms with van der Waals surface area (Å²) in [5.41, 5.74) is -4.51. The lowest BCUT2D eigenvalue weighted by molar-refractivity contribution is -0.141. The monoisotopic (exact) mass is 385 g/mol. The van der Waals surface area contributed by atoms with Crippen LogP contribution in [0.25, 0.3) is 0 Å². The highest BCUT2D eigenvalue weighted by Gasteiger charge is 2.41. The standard InChI is InChI=1S/C14H13F6N3OS/c1-2-23-6-7-25-12(23)22-11(24)21-10-8(13(15,16)17)4-3-5-9(10)14(18,19)20/h3-5H,2,6-7H2,1H3,(H,21,24). The molecule has 0 saturated carbocycles. The Morgan fingerprint density at radius 3 is 2.24 bits per heavy atom. The Kier molecular flexibility index (Phi) is 5.55. The van der Waals surface area contributed by atoms with Crippen molar-refractivity contribution >= 4 is 28.6 Å². The van der Waals surface area contributed by atoms with E-state index in [9.17, 15) is 31.1 Å². The molecule has 0 aromatic heterocycles. The third-order valence-corrected chi connectivity index (χ3v) is 4.34. The first-order chi connectivity index (χ1) is 11.5. The maximum atomic E-state index is 13.0. The van der Waals surface area contributed by atoms with E-state index in [-0.39, 0.29) is 5.17 Å². The summed E-state index contributed by atoms with van der Waals surface area (Å²) in [7, 11) is 0. The molecule has 25 heavy (non-hydrogen) atoms. The number of carbonyl (C=O) groups is 1. The molecule has 1 aromatic carbocycles. The van der Waals surface area contributed by atoms with Crippen molar-refractivity contribution in [3.8, 4) is 0 Å². The van der Waals surface area contributed by atoms with Crippen LogP contribution in [0.1, 0.15) is 18.1 Å². The van der Waals surface area contributed by atoms with Gasteiger partial charge < -0.3 is 10.2 Å². The summed E-state index contributed by atoms with van der Waals surface area (Å²) in [5.74, 6) is 0.632. The molecule has 1 heterocycles. The molecule has 2 rings (SSSR count). The second-order valence-corrected chi connectivity index (χ2v) is 6.04. The van der Waals surface area contributed by atoms with Crippen molar-refractivity contribution in [1.29, 1.82) is 0 Å². The molecule has 2 amide bonds. The van der Waals surface area contributed by atoms with Gasteiger partial charge in [-0.2, -0.15) is 31.3 Å². The fraction of sp³-hybridized carbons (Fsp3) is 0.429. The van der Waals surface area contributed by atoms with Gasteiger partial charge in [0.1, 0.15) is 0 Å². The van der Waals surface area contributed by atoms with Gasteiger partial charge in [-0.15, -0.1) is 0 Å². The summed E-state index contributed by atoms with van der Waals surface area (Å²) in [6, 6.07) is 0.297. The molecule has 0 bridgehead atoms. The van der Waals surface area contributed by atoms with Gasteiger partial charge in [0.25, 0.3) is 0 Å². The lowest BCUT2D eigenvalue weighted by Crippen LogP contribution is -2.26. The number of benzene rings is 1. The SMILES string of the molecule is CCN1CCSC1=NC(=O)Nc1c(C(F)(F)F)cccc1C(F)(F)F. The first-order valence-corrected chi connectivity index (χ1v) is 8.07. The number of rotatable bonds is 2. The number of nitrogens with zero attached hydrogens (tertiary/aromatic N) is 2. The van der Waals surface area contributed by atoms with Crippen LogP contribution in [0.15, 0.2) is 23.2 Å². The normalized spacial score (nSPS) is 17.2. The lowest BCUT2D eigenvalue weighted by atomic mass is 10.1. The average molecular weight is 385 g/mol. The number of hydrogen-bond acceptors (Lipinski definition) is 2. The summed E-state index contributed by atoms with van der Waals surface area (Å²) in [5, 5.41) is 1.92. The van der Waals surface area contributed by atoms with E-state index in [1.54, 1.807) is 17.1 Å². The van der Waals surface area contributed by atoms with Crippen LogP contribution in [-0.4, -0.2) is 34.9 Å². The average Bonchev–Trinajstić information content (AvgIpc) is 2.92. The predicted molar refractivity (Wildman–Crippen MR) is 82.6 cm³/mol. The van der Waals surface area contributed by atoms with Gasteiger partial charge in [0.05, 0.1) is 16.8 Å². The minimum Gasteiger partial charge on any atom is -0.350 e. The maximum Gasteiger partial charge on any atom is 0.418 e. The van der Waals surface area contributed by atoms with Crippen molar-refractivity contribution in [3.05, 3.63) is 29.3 Å². The molecule has 0 atom stereocenters. The molecule has 1 aromatic rings. The number of amides is 2. The highest BCUT2D eigenvalue weighted by Crippen LogP contribution is 2.42. The van der Waals surface area contributed by atoms with Crippen molar-refractivity contribution in [3.63, 3.8) is 0 Å². The number of thioether (sulfide) groups is 1. The van der Waals surface area contributed by atoms with E-state index in [1.807, 2.05) is 0 Å². The predicted octanol–water partition coefficient (Wildman–Crippen LogP) is 4.68. The zero-order chi connectivity index (χ0) is 18.8. The van der Waals surface area contributed by atoms with E-state index in [2.05, 4.69) is 4.99 Å². The third kappa shape index (κ3) is 4.59. The zero-order valence-electron chi connectivity index (χ0n) is 12.8. The smallest absolute Gasteiger partial charge is 0.350 e. The van der Waals surface area contributed by atoms with Crippen molar-refractivity contribution in [2.45, 2.75) is 19.3 Å². The van der Waals surface area contributed by atoms with Gasteiger partial charge in [-0.05, 0) is 19.1 Å². The van der Waals surface area contributed by atoms with Crippen molar-refractivity contribution < 1.29 is 31.1 Å². The number of amidine groups is 1. The Balaban J connectivity index is 2.40. The molecule has 1 N–H and O–H groups in total. The highest BCUT2D eigenvalue weighted by atomic mass is 32.2. The molecular formula is C14H13F6N3OS. The number of halogens is 6. The van der Waals surface area contributed by atoms with Gasteiger partial charge in [-0.3, -0.25) is 0 Å². The number of hydrogen-bond donors (Lipinski definition) is 1. The van der Waals surface area contributed by atoms with Gasteiger partial charge in [0, 0.05) is 18.8 Å². The second-order valence-electron chi connectivity index (χ2n) is 4.98. The Bertz CT molecular complexity index is 654. The van der Waals surface area contributed by atoms with Crippen LogP contribution in [-0.2, 0) is 12.4 Å². The third-order valence-electron chi connectivity index (χ3n) is 3.35. The molecule has 138 valence electrons. The van der Waals surface area contributed by atoms with E-state index in [4.69, 9.17) is 0 Å². The van der Waals surface area contributed by atoms with Crippen LogP contribution in [0.4, 0.5) is 36.8 Å². The topological polar surface area (TPSA) is 44.7 Å². The van der Waals surface area contributed by atoms with Crippen LogP contribution < -0.4 is 5.32 Å². The van der Waals surface area contributed by atoms with Crippen LogP contribution in [0.5, 0.6) is 0 Å². The van der Waals surface area contributed by atoms with E-state index in [0.717, 1.165) is 0 Å². The second kappa shape index (κ2) is 7.14. The summed E-state index contributed by atoms with van der Waals surface area (Å²) in [6.07, 6.45) is -10.1. The number of nitrogens with one attached hydrogen (secondary N) is 1. The molecule has 0 radical (unpaired) electrons. The molecule has 1 aliphatic rings. The molecule has 4 nitrogen and oxygen atoms in total. The molecule has 1 fully saturated rings. The highest BCUT2D eigenvalue weighted by molar-refractivity contribution is 8.14. The van der Waals surface area contributed by atoms with Crippen LogP contribution >= 0.6 is 11.8 Å². The van der Waals surface area contributed by atoms with E-state index in [1.165, 1.54) is 11.8 Å². The Morgan fingerprint density at radius 2 is 1.76 bits per heavy atom. The number of aliphatic imine (C=N–C) groups is 1. The zero-order valence-corrected chi connectivity index (χ0v) is 13.6. The van der Waals surface area contributed by atoms with E-state index >= 15 is 0 Å². The Morgan fingerprint density at radius 1 is 1.20 bits per heavy atom. The molecule has 0 unspecified atom stereocenters. The largest absolute Gasteiger partial charge is 0.418 e. The molecule has 11 heteroatoms. The minimum absolute atomic E-state index is 0.262. The number of para-hydroxylation sites is 1. The van der Waals surface area contributed by atoms with Gasteiger partial charge in [-0.25, -0.2) is 4.79 Å². The fourth-order valence-corrected chi connectivity index (χ4v) is 3.26. The number of carbonyl (C=O) groups excluding carboxylic acids is 1. The van der Waals surface area contributed by atoms with E-state index < -0.39 is 35.2 Å². The van der Waals surface area contributed by atoms with Crippen molar-refractivity contribution in [1.82, 2.24) is 4.90 Å². The van der Waals surface area contributed by atoms with E-state index in [0.29, 0.717) is 37.0 Å². The number of alkyl halides is 6. The first kappa shape index (κ1) is 19.4. The number of urea groups is 1. The Hall–Kier alpha value is -1.91. The van der Waals surface area contributed by atoms with Gasteiger partial charge in [0.15, 0.2) is 5.17 Å². The molecule has 1 aliphatic heterocycles. The van der Waals surface area contributed by atoms with Crippen LogP contribution in [0.2, 0.25) is 0 Å². The summed E-state index contributed by atoms with van der Waals surface area (Å²) >= 11 is 1.20. The van der Waals surface area contributed by atoms with Crippen LogP contribution in [0, 0.1) is 0 Å². The fourth-order valence-electron chi connectivity index (χ4n) is 2.21. The quantitative estimate of drug-likeness (QED) is 0.752. The minimum atomic E-state index is -5.06. The summed E-state index contributed by atoms with van der Waals surface area (Å²) < 4.78 is 78.1. The summed E-state index contributed by atoms with van der Waals surface area (Å²) in [4.78, 5) is 17.2. The van der Waals surface area contributed by atoms with Crippen molar-refractivity contribution in [2.24, 2.45) is 4.99 Å². The number of anilines is 1. The van der Waals surface area contributed by atoms with Gasteiger partial charge in [-0.1, -0.05) is 17.8 Å². The first-order valence-electron chi connectivity index (χ1n) is 7.09. The molecule has 1 saturated heterocycles. The van der Waals surface area contributed by atoms with Crippen molar-refractivity contribution in [2.75, 3.05) is 24.2 Å². The molecule has 0 aliphatic carbocycles.